The Morgan fingerprint density at radius 3 is 2.53 bits per heavy atom. The molecule has 0 aliphatic carbocycles. The molecule has 0 saturated heterocycles. The molecule has 1 aromatic heterocycles. The minimum atomic E-state index is -0.234. The predicted molar refractivity (Wildman–Crippen MR) is 76.2 cm³/mol. The fourth-order valence-electron chi connectivity index (χ4n) is 1.97. The summed E-state index contributed by atoms with van der Waals surface area (Å²) in [5.74, 6) is 0.637. The SMILES string of the molecule is CNC(C)c1cccnc1N(C)c1ccc(F)cc1. The van der Waals surface area contributed by atoms with E-state index >= 15 is 0 Å². The molecule has 1 unspecified atom stereocenters. The van der Waals surface area contributed by atoms with Gasteiger partial charge in [-0.25, -0.2) is 9.37 Å². The minimum Gasteiger partial charge on any atom is -0.329 e. The van der Waals surface area contributed by atoms with Crippen LogP contribution in [0.3, 0.4) is 0 Å². The average Bonchev–Trinajstić information content (AvgIpc) is 2.46. The number of halogens is 1. The highest BCUT2D eigenvalue weighted by Crippen LogP contribution is 2.28. The first-order chi connectivity index (χ1) is 9.13. The van der Waals surface area contributed by atoms with E-state index in [2.05, 4.69) is 17.2 Å². The molecule has 0 aliphatic rings. The molecule has 1 aromatic carbocycles. The van der Waals surface area contributed by atoms with Crippen LogP contribution in [0.1, 0.15) is 18.5 Å². The molecule has 2 rings (SSSR count). The van der Waals surface area contributed by atoms with Gasteiger partial charge < -0.3 is 10.2 Å². The van der Waals surface area contributed by atoms with Crippen LogP contribution in [0.5, 0.6) is 0 Å². The molecule has 0 spiro atoms. The van der Waals surface area contributed by atoms with Crippen LogP contribution in [0.15, 0.2) is 42.6 Å². The van der Waals surface area contributed by atoms with Crippen molar-refractivity contribution in [3.8, 4) is 0 Å². The summed E-state index contributed by atoms with van der Waals surface area (Å²) in [6.45, 7) is 2.08. The summed E-state index contributed by atoms with van der Waals surface area (Å²) < 4.78 is 13.0. The van der Waals surface area contributed by atoms with Gasteiger partial charge in [-0.2, -0.15) is 0 Å². The van der Waals surface area contributed by atoms with Gasteiger partial charge in [0.2, 0.25) is 0 Å². The third-order valence-electron chi connectivity index (χ3n) is 3.25. The summed E-state index contributed by atoms with van der Waals surface area (Å²) in [7, 11) is 3.85. The van der Waals surface area contributed by atoms with Crippen LogP contribution in [-0.2, 0) is 0 Å². The van der Waals surface area contributed by atoms with Gasteiger partial charge >= 0.3 is 0 Å². The quantitative estimate of drug-likeness (QED) is 0.913. The molecule has 0 saturated carbocycles. The van der Waals surface area contributed by atoms with Crippen LogP contribution in [0.4, 0.5) is 15.9 Å². The van der Waals surface area contributed by atoms with Crippen LogP contribution in [-0.4, -0.2) is 19.1 Å². The van der Waals surface area contributed by atoms with E-state index in [0.29, 0.717) is 0 Å². The first-order valence-corrected chi connectivity index (χ1v) is 6.25. The molecule has 2 aromatic rings. The van der Waals surface area contributed by atoms with Gasteiger partial charge in [0.05, 0.1) is 0 Å². The van der Waals surface area contributed by atoms with Crippen molar-refractivity contribution in [2.24, 2.45) is 0 Å². The maximum atomic E-state index is 13.0. The molecule has 0 aliphatic heterocycles. The predicted octanol–water partition coefficient (Wildman–Crippen LogP) is 3.27. The number of benzene rings is 1. The van der Waals surface area contributed by atoms with E-state index in [0.717, 1.165) is 17.1 Å². The van der Waals surface area contributed by atoms with Crippen LogP contribution >= 0.6 is 0 Å². The highest BCUT2D eigenvalue weighted by atomic mass is 19.1. The lowest BCUT2D eigenvalue weighted by Crippen LogP contribution is -2.19. The maximum absolute atomic E-state index is 13.0. The molecule has 0 fully saturated rings. The lowest BCUT2D eigenvalue weighted by Gasteiger charge is -2.23. The number of nitrogens with one attached hydrogen (secondary N) is 1. The van der Waals surface area contributed by atoms with Crippen molar-refractivity contribution >= 4 is 11.5 Å². The smallest absolute Gasteiger partial charge is 0.137 e. The molecule has 1 heterocycles. The van der Waals surface area contributed by atoms with Gasteiger partial charge in [-0.15, -0.1) is 0 Å². The molecule has 0 bridgehead atoms. The van der Waals surface area contributed by atoms with E-state index in [1.165, 1.54) is 12.1 Å². The molecular weight excluding hydrogens is 241 g/mol. The second-order valence-electron chi connectivity index (χ2n) is 4.46. The highest BCUT2D eigenvalue weighted by Gasteiger charge is 2.14. The summed E-state index contributed by atoms with van der Waals surface area (Å²) in [5, 5.41) is 3.21. The number of nitrogens with zero attached hydrogens (tertiary/aromatic N) is 2. The van der Waals surface area contributed by atoms with E-state index in [-0.39, 0.29) is 11.9 Å². The van der Waals surface area contributed by atoms with Crippen molar-refractivity contribution in [3.05, 3.63) is 54.0 Å². The fourth-order valence-corrected chi connectivity index (χ4v) is 1.97. The standard InChI is InChI=1S/C15H18FN3/c1-11(17-2)14-5-4-10-18-15(14)19(3)13-8-6-12(16)7-9-13/h4-11,17H,1-3H3. The van der Waals surface area contributed by atoms with E-state index in [1.54, 1.807) is 18.3 Å². The molecule has 4 heteroatoms. The van der Waals surface area contributed by atoms with Gasteiger partial charge in [0, 0.05) is 30.5 Å². The molecule has 100 valence electrons. The number of aromatic nitrogens is 1. The van der Waals surface area contributed by atoms with Crippen molar-refractivity contribution in [1.82, 2.24) is 10.3 Å². The third kappa shape index (κ3) is 2.90. The van der Waals surface area contributed by atoms with Crippen LogP contribution in [0.25, 0.3) is 0 Å². The van der Waals surface area contributed by atoms with Crippen molar-refractivity contribution in [2.75, 3.05) is 19.0 Å². The Labute approximate surface area is 113 Å². The topological polar surface area (TPSA) is 28.2 Å². The normalized spacial score (nSPS) is 12.2. The molecule has 0 radical (unpaired) electrons. The number of anilines is 2. The number of hydrogen-bond donors (Lipinski definition) is 1. The molecule has 0 amide bonds. The Balaban J connectivity index is 2.38. The van der Waals surface area contributed by atoms with Crippen molar-refractivity contribution in [3.63, 3.8) is 0 Å². The first kappa shape index (κ1) is 13.5. The zero-order chi connectivity index (χ0) is 13.8. The lowest BCUT2D eigenvalue weighted by molar-refractivity contribution is 0.627. The summed E-state index contributed by atoms with van der Waals surface area (Å²) in [6, 6.07) is 10.6. The largest absolute Gasteiger partial charge is 0.329 e. The van der Waals surface area contributed by atoms with Crippen LogP contribution in [0, 0.1) is 5.82 Å². The van der Waals surface area contributed by atoms with Crippen LogP contribution in [0.2, 0.25) is 0 Å². The number of pyridine rings is 1. The van der Waals surface area contributed by atoms with E-state index in [4.69, 9.17) is 0 Å². The molecular formula is C15H18FN3. The first-order valence-electron chi connectivity index (χ1n) is 6.25. The van der Waals surface area contributed by atoms with Gasteiger partial charge in [0.15, 0.2) is 0 Å². The van der Waals surface area contributed by atoms with Crippen molar-refractivity contribution < 1.29 is 4.39 Å². The Kier molecular flexibility index (Phi) is 4.12. The van der Waals surface area contributed by atoms with Gasteiger partial charge in [0.1, 0.15) is 11.6 Å². The van der Waals surface area contributed by atoms with E-state index < -0.39 is 0 Å². The zero-order valence-electron chi connectivity index (χ0n) is 11.4. The Hall–Kier alpha value is -1.94. The fraction of sp³-hybridized carbons (Fsp3) is 0.267. The highest BCUT2D eigenvalue weighted by molar-refractivity contribution is 5.62. The Morgan fingerprint density at radius 1 is 1.21 bits per heavy atom. The van der Waals surface area contributed by atoms with Crippen molar-refractivity contribution in [2.45, 2.75) is 13.0 Å². The van der Waals surface area contributed by atoms with Crippen LogP contribution < -0.4 is 10.2 Å². The molecule has 19 heavy (non-hydrogen) atoms. The Morgan fingerprint density at radius 2 is 1.89 bits per heavy atom. The summed E-state index contributed by atoms with van der Waals surface area (Å²) in [4.78, 5) is 6.40. The maximum Gasteiger partial charge on any atom is 0.137 e. The monoisotopic (exact) mass is 259 g/mol. The second kappa shape index (κ2) is 5.80. The van der Waals surface area contributed by atoms with Gasteiger partial charge in [-0.05, 0) is 44.3 Å². The summed E-state index contributed by atoms with van der Waals surface area (Å²) >= 11 is 0. The Bertz CT molecular complexity index is 539. The minimum absolute atomic E-state index is 0.201. The lowest BCUT2D eigenvalue weighted by atomic mass is 10.1. The number of hydrogen-bond acceptors (Lipinski definition) is 3. The summed E-state index contributed by atoms with van der Waals surface area (Å²) in [6.07, 6.45) is 1.77. The van der Waals surface area contributed by atoms with Gasteiger partial charge in [-0.1, -0.05) is 6.07 Å². The van der Waals surface area contributed by atoms with Gasteiger partial charge in [-0.3, -0.25) is 0 Å². The van der Waals surface area contributed by atoms with E-state index in [1.807, 2.05) is 31.1 Å². The number of rotatable bonds is 4. The van der Waals surface area contributed by atoms with Crippen molar-refractivity contribution in [1.29, 1.82) is 0 Å². The van der Waals surface area contributed by atoms with E-state index in [9.17, 15) is 4.39 Å². The average molecular weight is 259 g/mol. The molecule has 1 N–H and O–H groups in total. The molecule has 3 nitrogen and oxygen atoms in total. The zero-order valence-corrected chi connectivity index (χ0v) is 11.4. The molecule has 1 atom stereocenters. The third-order valence-corrected chi connectivity index (χ3v) is 3.25. The summed E-state index contributed by atoms with van der Waals surface area (Å²) in [5.41, 5.74) is 2.02. The second-order valence-corrected chi connectivity index (χ2v) is 4.46. The van der Waals surface area contributed by atoms with Gasteiger partial charge in [0.25, 0.3) is 0 Å².